The molecule has 1 N–H and O–H groups in total. The fourth-order valence-corrected chi connectivity index (χ4v) is 2.42. The zero-order chi connectivity index (χ0) is 14.5. The zero-order valence-electron chi connectivity index (χ0n) is 11.0. The third-order valence-corrected chi connectivity index (χ3v) is 3.44. The maximum atomic E-state index is 11.8. The lowest BCUT2D eigenvalue weighted by Crippen LogP contribution is -2.18. The van der Waals surface area contributed by atoms with Gasteiger partial charge in [0, 0.05) is 15.5 Å². The predicted molar refractivity (Wildman–Crippen MR) is 81.5 cm³/mol. The van der Waals surface area contributed by atoms with Crippen LogP contribution in [0.5, 0.6) is 0 Å². The van der Waals surface area contributed by atoms with Gasteiger partial charge in [-0.25, -0.2) is 0 Å². The second kappa shape index (κ2) is 6.52. The Morgan fingerprint density at radius 2 is 1.85 bits per heavy atom. The summed E-state index contributed by atoms with van der Waals surface area (Å²) in [6.45, 7) is 1.98. The molecular weight excluding hydrogens is 322 g/mol. The molecule has 0 atom stereocenters. The van der Waals surface area contributed by atoms with E-state index < -0.39 is 5.97 Å². The van der Waals surface area contributed by atoms with Gasteiger partial charge in [0.1, 0.15) is 6.42 Å². The standard InChI is InChI=1S/C15H14BrNO3/c1-2-20-15(19)9-14(18)17-13-8-4-5-10-11(13)6-3-7-12(10)16/h3-8H,2,9H2,1H3,(H,17,18). The van der Waals surface area contributed by atoms with Gasteiger partial charge in [-0.05, 0) is 24.4 Å². The molecule has 4 nitrogen and oxygen atoms in total. The van der Waals surface area contributed by atoms with Crippen LogP contribution in [0.25, 0.3) is 10.8 Å². The highest BCUT2D eigenvalue weighted by Crippen LogP contribution is 2.29. The van der Waals surface area contributed by atoms with E-state index in [0.29, 0.717) is 5.69 Å². The van der Waals surface area contributed by atoms with Gasteiger partial charge < -0.3 is 10.1 Å². The van der Waals surface area contributed by atoms with Crippen LogP contribution in [0.15, 0.2) is 40.9 Å². The highest BCUT2D eigenvalue weighted by Gasteiger charge is 2.12. The summed E-state index contributed by atoms with van der Waals surface area (Å²) in [5.41, 5.74) is 0.679. The molecule has 20 heavy (non-hydrogen) atoms. The van der Waals surface area contributed by atoms with Crippen LogP contribution in [0.2, 0.25) is 0 Å². The summed E-state index contributed by atoms with van der Waals surface area (Å²) in [7, 11) is 0. The van der Waals surface area contributed by atoms with Gasteiger partial charge in [-0.15, -0.1) is 0 Å². The van der Waals surface area contributed by atoms with Crippen LogP contribution in [0.4, 0.5) is 5.69 Å². The van der Waals surface area contributed by atoms with Gasteiger partial charge >= 0.3 is 5.97 Å². The highest BCUT2D eigenvalue weighted by atomic mass is 79.9. The summed E-state index contributed by atoms with van der Waals surface area (Å²) in [5.74, 6) is -0.901. The van der Waals surface area contributed by atoms with E-state index in [1.807, 2.05) is 30.3 Å². The summed E-state index contributed by atoms with van der Waals surface area (Å²) in [4.78, 5) is 23.1. The average Bonchev–Trinajstić information content (AvgIpc) is 2.40. The molecule has 0 aliphatic rings. The zero-order valence-corrected chi connectivity index (χ0v) is 12.6. The van der Waals surface area contributed by atoms with Gasteiger partial charge in [0.25, 0.3) is 0 Å². The Morgan fingerprint density at radius 3 is 2.60 bits per heavy atom. The summed E-state index contributed by atoms with van der Waals surface area (Å²) >= 11 is 3.47. The molecule has 2 aromatic rings. The minimum Gasteiger partial charge on any atom is -0.466 e. The molecular formula is C15H14BrNO3. The molecule has 1 amide bonds. The van der Waals surface area contributed by atoms with E-state index in [9.17, 15) is 9.59 Å². The molecule has 0 aliphatic carbocycles. The van der Waals surface area contributed by atoms with Crippen LogP contribution >= 0.6 is 15.9 Å². The molecule has 0 aliphatic heterocycles. The molecule has 2 rings (SSSR count). The van der Waals surface area contributed by atoms with Gasteiger partial charge in [-0.2, -0.15) is 0 Å². The number of rotatable bonds is 4. The Morgan fingerprint density at radius 1 is 1.15 bits per heavy atom. The lowest BCUT2D eigenvalue weighted by Gasteiger charge is -2.09. The Kier molecular flexibility index (Phi) is 4.74. The number of ether oxygens (including phenoxy) is 1. The lowest BCUT2D eigenvalue weighted by molar-refractivity contribution is -0.145. The van der Waals surface area contributed by atoms with Crippen LogP contribution in [0.3, 0.4) is 0 Å². The number of hydrogen-bond donors (Lipinski definition) is 1. The molecule has 0 aromatic heterocycles. The Bertz CT molecular complexity index is 655. The van der Waals surface area contributed by atoms with Gasteiger partial charge in [0.2, 0.25) is 5.91 Å². The van der Waals surface area contributed by atoms with Crippen molar-refractivity contribution in [3.8, 4) is 0 Å². The van der Waals surface area contributed by atoms with Crippen molar-refractivity contribution >= 4 is 44.3 Å². The third kappa shape index (κ3) is 3.36. The van der Waals surface area contributed by atoms with Crippen LogP contribution in [-0.4, -0.2) is 18.5 Å². The van der Waals surface area contributed by atoms with Gasteiger partial charge in [-0.3, -0.25) is 9.59 Å². The smallest absolute Gasteiger partial charge is 0.315 e. The fraction of sp³-hybridized carbons (Fsp3) is 0.200. The molecule has 0 saturated carbocycles. The average molecular weight is 336 g/mol. The Balaban J connectivity index is 2.20. The minimum absolute atomic E-state index is 0.271. The van der Waals surface area contributed by atoms with Crippen LogP contribution in [-0.2, 0) is 14.3 Å². The van der Waals surface area contributed by atoms with Gasteiger partial charge in [0.15, 0.2) is 0 Å². The monoisotopic (exact) mass is 335 g/mol. The Hall–Kier alpha value is -1.88. The number of amides is 1. The molecule has 5 heteroatoms. The topological polar surface area (TPSA) is 55.4 Å². The maximum Gasteiger partial charge on any atom is 0.315 e. The van der Waals surface area contributed by atoms with Crippen molar-refractivity contribution in [2.24, 2.45) is 0 Å². The van der Waals surface area contributed by atoms with E-state index in [1.54, 1.807) is 13.0 Å². The highest BCUT2D eigenvalue weighted by molar-refractivity contribution is 9.10. The van der Waals surface area contributed by atoms with Crippen molar-refractivity contribution < 1.29 is 14.3 Å². The summed E-state index contributed by atoms with van der Waals surface area (Å²) in [5, 5.41) is 4.66. The number of nitrogens with one attached hydrogen (secondary N) is 1. The quantitative estimate of drug-likeness (QED) is 0.687. The van der Waals surface area contributed by atoms with E-state index >= 15 is 0 Å². The molecule has 0 spiro atoms. The van der Waals surface area contributed by atoms with E-state index in [-0.39, 0.29) is 18.9 Å². The SMILES string of the molecule is CCOC(=O)CC(=O)Nc1cccc2c(Br)cccc12. The number of fused-ring (bicyclic) bond motifs is 1. The van der Waals surface area contributed by atoms with E-state index in [4.69, 9.17) is 4.74 Å². The number of hydrogen-bond acceptors (Lipinski definition) is 3. The van der Waals surface area contributed by atoms with E-state index in [2.05, 4.69) is 21.2 Å². The van der Waals surface area contributed by atoms with Crippen LogP contribution < -0.4 is 5.32 Å². The molecule has 0 unspecified atom stereocenters. The van der Waals surface area contributed by atoms with Crippen molar-refractivity contribution in [1.82, 2.24) is 0 Å². The summed E-state index contributed by atoms with van der Waals surface area (Å²) in [6, 6.07) is 11.4. The number of esters is 1. The van der Waals surface area contributed by atoms with Crippen molar-refractivity contribution in [1.29, 1.82) is 0 Å². The van der Waals surface area contributed by atoms with Crippen molar-refractivity contribution in [2.45, 2.75) is 13.3 Å². The third-order valence-electron chi connectivity index (χ3n) is 2.75. The molecule has 2 aromatic carbocycles. The molecule has 0 bridgehead atoms. The second-order valence-corrected chi connectivity index (χ2v) is 5.02. The number of carbonyl (C=O) groups is 2. The van der Waals surface area contributed by atoms with Crippen LogP contribution in [0, 0.1) is 0 Å². The van der Waals surface area contributed by atoms with Crippen LogP contribution in [0.1, 0.15) is 13.3 Å². The lowest BCUT2D eigenvalue weighted by atomic mass is 10.1. The molecule has 104 valence electrons. The van der Waals surface area contributed by atoms with E-state index in [0.717, 1.165) is 15.2 Å². The summed E-state index contributed by atoms with van der Waals surface area (Å²) in [6.07, 6.45) is -0.280. The second-order valence-electron chi connectivity index (χ2n) is 4.17. The first-order valence-corrected chi connectivity index (χ1v) is 7.04. The van der Waals surface area contributed by atoms with E-state index in [1.165, 1.54) is 0 Å². The van der Waals surface area contributed by atoms with Gasteiger partial charge in [-0.1, -0.05) is 40.2 Å². The minimum atomic E-state index is -0.522. The normalized spacial score (nSPS) is 10.3. The number of anilines is 1. The molecule has 0 radical (unpaired) electrons. The number of carbonyl (C=O) groups excluding carboxylic acids is 2. The van der Waals surface area contributed by atoms with Crippen molar-refractivity contribution in [3.63, 3.8) is 0 Å². The molecule has 0 heterocycles. The fourth-order valence-electron chi connectivity index (χ4n) is 1.92. The molecule has 0 fully saturated rings. The number of benzene rings is 2. The summed E-state index contributed by atoms with van der Waals surface area (Å²) < 4.78 is 5.70. The maximum absolute atomic E-state index is 11.8. The van der Waals surface area contributed by atoms with Gasteiger partial charge in [0.05, 0.1) is 6.61 Å². The Labute approximate surface area is 125 Å². The first-order chi connectivity index (χ1) is 9.61. The number of halogens is 1. The predicted octanol–water partition coefficient (Wildman–Crippen LogP) is 3.49. The molecule has 0 saturated heterocycles. The van der Waals surface area contributed by atoms with Crippen molar-refractivity contribution in [2.75, 3.05) is 11.9 Å². The largest absolute Gasteiger partial charge is 0.466 e. The first-order valence-electron chi connectivity index (χ1n) is 6.24. The first kappa shape index (κ1) is 14.5. The van der Waals surface area contributed by atoms with Crippen molar-refractivity contribution in [3.05, 3.63) is 40.9 Å².